The van der Waals surface area contributed by atoms with E-state index in [1.165, 1.54) is 12.4 Å². The van der Waals surface area contributed by atoms with Gasteiger partial charge in [-0.05, 0) is 26.0 Å². The zero-order chi connectivity index (χ0) is 26.7. The van der Waals surface area contributed by atoms with Crippen molar-refractivity contribution in [2.24, 2.45) is 0 Å². The highest BCUT2D eigenvalue weighted by Gasteiger charge is 2.23. The molecule has 0 fully saturated rings. The topological polar surface area (TPSA) is 117 Å². The van der Waals surface area contributed by atoms with Crippen LogP contribution in [0.2, 0.25) is 0 Å². The summed E-state index contributed by atoms with van der Waals surface area (Å²) in [5, 5.41) is 8.19. The number of carbonyl (C=O) groups excluding carboxylic acids is 2. The summed E-state index contributed by atoms with van der Waals surface area (Å²) in [6.07, 6.45) is 8.32. The molecular formula is C27H33N7O3. The first-order valence-electron chi connectivity index (χ1n) is 12.3. The number of ketones is 1. The lowest BCUT2D eigenvalue weighted by Crippen LogP contribution is -2.19. The molecule has 0 atom stereocenters. The Hall–Kier alpha value is -3.92. The number of ether oxygens (including phenoxy) is 1. The van der Waals surface area contributed by atoms with Crippen molar-refractivity contribution < 1.29 is 14.3 Å². The molecule has 0 saturated heterocycles. The van der Waals surface area contributed by atoms with Crippen LogP contribution < -0.4 is 5.32 Å². The Morgan fingerprint density at radius 1 is 1.14 bits per heavy atom. The monoisotopic (exact) mass is 503 g/mol. The molecule has 0 bridgehead atoms. The average Bonchev–Trinajstić information content (AvgIpc) is 3.44. The van der Waals surface area contributed by atoms with Crippen molar-refractivity contribution in [1.29, 1.82) is 0 Å². The highest BCUT2D eigenvalue weighted by Crippen LogP contribution is 2.26. The van der Waals surface area contributed by atoms with Gasteiger partial charge < -0.3 is 14.6 Å². The lowest BCUT2D eigenvalue weighted by Gasteiger charge is -2.12. The van der Waals surface area contributed by atoms with Crippen molar-refractivity contribution in [2.45, 2.75) is 59.0 Å². The predicted octanol–water partition coefficient (Wildman–Crippen LogP) is 3.96. The van der Waals surface area contributed by atoms with Crippen LogP contribution in [-0.2, 0) is 27.9 Å². The van der Waals surface area contributed by atoms with Gasteiger partial charge in [-0.1, -0.05) is 20.8 Å². The molecule has 0 aromatic carbocycles. The Morgan fingerprint density at radius 2 is 1.92 bits per heavy atom. The molecule has 37 heavy (non-hydrogen) atoms. The Balaban J connectivity index is 1.55. The zero-order valence-electron chi connectivity index (χ0n) is 22.1. The molecule has 4 aromatic rings. The van der Waals surface area contributed by atoms with Crippen LogP contribution in [0.25, 0.3) is 10.9 Å². The summed E-state index contributed by atoms with van der Waals surface area (Å²) in [6.45, 7) is 11.1. The molecule has 0 saturated carbocycles. The fourth-order valence-electron chi connectivity index (χ4n) is 4.02. The van der Waals surface area contributed by atoms with Gasteiger partial charge >= 0.3 is 0 Å². The summed E-state index contributed by atoms with van der Waals surface area (Å²) in [4.78, 5) is 39.4. The molecule has 0 aliphatic carbocycles. The second kappa shape index (κ2) is 10.6. The summed E-state index contributed by atoms with van der Waals surface area (Å²) in [5.74, 6) is 0.748. The SMILES string of the molecule is COCCn1nc(C(C)(C)C)nc1CC(=O)Nc1cncc(C(=O)c2cn(C(C)C)c3ccncc23)c1. The number of fused-ring (bicyclic) bond motifs is 1. The second-order valence-corrected chi connectivity index (χ2v) is 10.3. The van der Waals surface area contributed by atoms with Gasteiger partial charge in [-0.3, -0.25) is 19.6 Å². The van der Waals surface area contributed by atoms with Crippen LogP contribution in [-0.4, -0.2) is 54.7 Å². The minimum atomic E-state index is -0.279. The number of anilines is 1. The molecule has 10 heteroatoms. The van der Waals surface area contributed by atoms with E-state index < -0.39 is 0 Å². The van der Waals surface area contributed by atoms with Crippen LogP contribution in [0.3, 0.4) is 0 Å². The molecule has 1 amide bonds. The van der Waals surface area contributed by atoms with Gasteiger partial charge in [0.05, 0.1) is 37.0 Å². The van der Waals surface area contributed by atoms with E-state index in [0.717, 1.165) is 10.9 Å². The molecule has 4 rings (SSSR count). The normalized spacial score (nSPS) is 11.9. The van der Waals surface area contributed by atoms with E-state index in [1.807, 2.05) is 33.0 Å². The highest BCUT2D eigenvalue weighted by atomic mass is 16.5. The van der Waals surface area contributed by atoms with E-state index in [0.29, 0.717) is 41.6 Å². The zero-order valence-corrected chi connectivity index (χ0v) is 22.1. The number of nitrogens with one attached hydrogen (secondary N) is 1. The standard InChI is InChI=1S/C27H33N7O3/c1-17(2)33-16-21(20-15-28-8-7-22(20)33)25(36)18-11-19(14-29-13-18)30-24(35)12-23-31-26(27(3,4)5)32-34(23)9-10-37-6/h7-8,11,13-17H,9-10,12H2,1-6H3,(H,30,35). The Kier molecular flexibility index (Phi) is 7.49. The van der Waals surface area contributed by atoms with Crippen LogP contribution in [0.5, 0.6) is 0 Å². The fraction of sp³-hybridized carbons (Fsp3) is 0.407. The van der Waals surface area contributed by atoms with E-state index in [-0.39, 0.29) is 29.6 Å². The van der Waals surface area contributed by atoms with Gasteiger partial charge in [0.1, 0.15) is 5.82 Å². The molecule has 10 nitrogen and oxygen atoms in total. The summed E-state index contributed by atoms with van der Waals surface area (Å²) in [7, 11) is 1.62. The van der Waals surface area contributed by atoms with Crippen LogP contribution >= 0.6 is 0 Å². The highest BCUT2D eigenvalue weighted by molar-refractivity contribution is 6.16. The third-order valence-corrected chi connectivity index (χ3v) is 5.96. The third kappa shape index (κ3) is 5.75. The van der Waals surface area contributed by atoms with Crippen LogP contribution in [0.1, 0.15) is 68.2 Å². The van der Waals surface area contributed by atoms with Gasteiger partial charge in [-0.2, -0.15) is 5.10 Å². The van der Waals surface area contributed by atoms with Gasteiger partial charge in [-0.15, -0.1) is 0 Å². The number of methoxy groups -OCH3 is 1. The quantitative estimate of drug-likeness (QED) is 0.344. The van der Waals surface area contributed by atoms with Crippen molar-refractivity contribution in [3.8, 4) is 0 Å². The van der Waals surface area contributed by atoms with Crippen molar-refractivity contribution in [2.75, 3.05) is 19.0 Å². The van der Waals surface area contributed by atoms with Gasteiger partial charge in [-0.25, -0.2) is 9.67 Å². The van der Waals surface area contributed by atoms with E-state index >= 15 is 0 Å². The van der Waals surface area contributed by atoms with Gasteiger partial charge in [0, 0.05) is 59.9 Å². The van der Waals surface area contributed by atoms with E-state index in [4.69, 9.17) is 4.74 Å². The molecule has 0 radical (unpaired) electrons. The van der Waals surface area contributed by atoms with Gasteiger partial charge in [0.25, 0.3) is 0 Å². The van der Waals surface area contributed by atoms with Crippen molar-refractivity contribution in [3.05, 3.63) is 65.9 Å². The molecule has 4 aromatic heterocycles. The van der Waals surface area contributed by atoms with Crippen LogP contribution in [0, 0.1) is 0 Å². The number of aromatic nitrogens is 6. The lowest BCUT2D eigenvalue weighted by atomic mass is 9.96. The maximum atomic E-state index is 13.4. The maximum Gasteiger partial charge on any atom is 0.232 e. The smallest absolute Gasteiger partial charge is 0.232 e. The Labute approximate surface area is 216 Å². The fourth-order valence-corrected chi connectivity index (χ4v) is 4.02. The Morgan fingerprint density at radius 3 is 2.62 bits per heavy atom. The van der Waals surface area contributed by atoms with E-state index in [1.54, 1.807) is 30.3 Å². The largest absolute Gasteiger partial charge is 0.383 e. The van der Waals surface area contributed by atoms with E-state index in [2.05, 4.69) is 43.8 Å². The van der Waals surface area contributed by atoms with Crippen molar-refractivity contribution in [1.82, 2.24) is 29.3 Å². The molecule has 0 aliphatic heterocycles. The van der Waals surface area contributed by atoms with Gasteiger partial charge in [0.15, 0.2) is 11.6 Å². The number of carbonyl (C=O) groups is 2. The molecule has 0 unspecified atom stereocenters. The minimum absolute atomic E-state index is 0.0263. The second-order valence-electron chi connectivity index (χ2n) is 10.3. The molecule has 1 N–H and O–H groups in total. The summed E-state index contributed by atoms with van der Waals surface area (Å²) in [6, 6.07) is 3.72. The first-order chi connectivity index (χ1) is 17.6. The number of pyridine rings is 2. The van der Waals surface area contributed by atoms with Crippen LogP contribution in [0.4, 0.5) is 5.69 Å². The summed E-state index contributed by atoms with van der Waals surface area (Å²) >= 11 is 0. The lowest BCUT2D eigenvalue weighted by molar-refractivity contribution is -0.115. The Bertz CT molecular complexity index is 1430. The van der Waals surface area contributed by atoms with E-state index in [9.17, 15) is 9.59 Å². The first kappa shape index (κ1) is 26.2. The van der Waals surface area contributed by atoms with Crippen molar-refractivity contribution >= 4 is 28.3 Å². The minimum Gasteiger partial charge on any atom is -0.383 e. The molecular weight excluding hydrogens is 470 g/mol. The number of hydrogen-bond donors (Lipinski definition) is 1. The number of rotatable bonds is 9. The van der Waals surface area contributed by atoms with Crippen LogP contribution in [0.15, 0.2) is 43.1 Å². The van der Waals surface area contributed by atoms with Crippen molar-refractivity contribution in [3.63, 3.8) is 0 Å². The maximum absolute atomic E-state index is 13.4. The van der Waals surface area contributed by atoms with Gasteiger partial charge in [0.2, 0.25) is 5.91 Å². The third-order valence-electron chi connectivity index (χ3n) is 5.96. The molecule has 0 aliphatic rings. The molecule has 194 valence electrons. The molecule has 0 spiro atoms. The summed E-state index contributed by atoms with van der Waals surface area (Å²) in [5.41, 5.74) is 2.04. The first-order valence-corrected chi connectivity index (χ1v) is 12.3. The number of nitrogens with zero attached hydrogens (tertiary/aromatic N) is 6. The summed E-state index contributed by atoms with van der Waals surface area (Å²) < 4.78 is 8.93. The predicted molar refractivity (Wildman–Crippen MR) is 141 cm³/mol. The average molecular weight is 504 g/mol. The number of amides is 1. The molecule has 4 heterocycles. The number of hydrogen-bond acceptors (Lipinski definition) is 7.